The summed E-state index contributed by atoms with van der Waals surface area (Å²) in [5.74, 6) is -2.27. The minimum Gasteiger partial charge on any atom is -0.480 e. The van der Waals surface area contributed by atoms with Crippen LogP contribution in [-0.4, -0.2) is 111 Å². The van der Waals surface area contributed by atoms with E-state index in [0.717, 1.165) is 43.8 Å². The maximum Gasteiger partial charge on any atom is 0.414 e. The number of carboxylic acids is 1. The minimum absolute atomic E-state index is 0.0183. The lowest BCUT2D eigenvalue weighted by Crippen LogP contribution is -2.44. The predicted molar refractivity (Wildman–Crippen MR) is 282 cm³/mol. The summed E-state index contributed by atoms with van der Waals surface area (Å²) in [5, 5.41) is 23.1. The van der Waals surface area contributed by atoms with Crippen molar-refractivity contribution in [2.75, 3.05) is 50.0 Å². The number of carbonyl (C=O) groups is 6. The fraction of sp³-hybridized carbons (Fsp3) is 0.236. The summed E-state index contributed by atoms with van der Waals surface area (Å²) >= 11 is 0. The molecule has 0 saturated carbocycles. The summed E-state index contributed by atoms with van der Waals surface area (Å²) in [5.41, 5.74) is 6.72. The largest absolute Gasteiger partial charge is 0.480 e. The van der Waals surface area contributed by atoms with Gasteiger partial charge < -0.3 is 44.2 Å². The third-order valence-corrected chi connectivity index (χ3v) is 11.9. The number of hydrogen-bond donors (Lipinski definition) is 6. The summed E-state index contributed by atoms with van der Waals surface area (Å²) in [7, 11) is 0. The number of fused-ring (bicyclic) bond motifs is 4. The number of aromatic nitrogens is 4. The Morgan fingerprint density at radius 2 is 1.17 bits per heavy atom. The fourth-order valence-corrected chi connectivity index (χ4v) is 8.18. The maximum atomic E-state index is 13.8. The number of hydrogen-bond acceptors (Lipinski definition) is 15. The summed E-state index contributed by atoms with van der Waals surface area (Å²) in [4.78, 5) is 96.3. The normalized spacial score (nSPS) is 11.3. The quantitative estimate of drug-likeness (QED) is 0.0167. The summed E-state index contributed by atoms with van der Waals surface area (Å²) < 4.78 is 23.1. The molecule has 7 aromatic rings. The molecule has 0 fully saturated rings. The van der Waals surface area contributed by atoms with E-state index in [2.05, 4.69) is 46.5 Å². The van der Waals surface area contributed by atoms with Crippen molar-refractivity contribution < 1.29 is 52.8 Å². The Morgan fingerprint density at radius 3 is 1.74 bits per heavy atom. The molecule has 22 heteroatoms. The molecule has 0 unspecified atom stereocenters. The molecule has 0 spiro atoms. The zero-order valence-electron chi connectivity index (χ0n) is 41.6. The lowest BCUT2D eigenvalue weighted by molar-refractivity contribution is -0.144. The Balaban J connectivity index is 0.893. The third kappa shape index (κ3) is 15.6. The number of aliphatic carboxylic acids is 1. The molecular formula is C55H55N11O11. The summed E-state index contributed by atoms with van der Waals surface area (Å²) in [6, 6.07) is 43.0. The summed E-state index contributed by atoms with van der Waals surface area (Å²) in [6.07, 6.45) is -1.07. The molecule has 22 nitrogen and oxygen atoms in total. The van der Waals surface area contributed by atoms with Gasteiger partial charge in [0.1, 0.15) is 39.5 Å². The van der Waals surface area contributed by atoms with Gasteiger partial charge in [0.2, 0.25) is 17.8 Å². The minimum atomic E-state index is -1.28. The van der Waals surface area contributed by atoms with E-state index in [1.165, 1.54) is 10.9 Å². The van der Waals surface area contributed by atoms with Gasteiger partial charge in [0.05, 0.1) is 6.33 Å². The first-order valence-electron chi connectivity index (χ1n) is 24.6. The SMILES string of the molecule is O=C(O)CN(CCNC(=O)OCC1c2ccccc2-c2ccccc21)C(=O)Cn1cnc2c(NC(=O)OCc3ccccc3)nc(NCCCCN=C(NC(=O)OCc3ccccc3)NC(=O)OCc3ccccc3)nc21. The van der Waals surface area contributed by atoms with Gasteiger partial charge in [-0.2, -0.15) is 9.97 Å². The number of guanidine groups is 1. The van der Waals surface area contributed by atoms with Crippen molar-refractivity contribution >= 4 is 65.1 Å². The average molecular weight is 1050 g/mol. The molecule has 0 aliphatic heterocycles. The Kier molecular flexibility index (Phi) is 18.7. The molecule has 77 heavy (non-hydrogen) atoms. The number of aliphatic imine (C=N–C) groups is 1. The van der Waals surface area contributed by atoms with E-state index in [9.17, 15) is 33.9 Å². The monoisotopic (exact) mass is 1050 g/mol. The van der Waals surface area contributed by atoms with Crippen LogP contribution in [0.5, 0.6) is 0 Å². The lowest BCUT2D eigenvalue weighted by atomic mass is 9.98. The van der Waals surface area contributed by atoms with Crippen LogP contribution in [0.25, 0.3) is 22.3 Å². The first kappa shape index (κ1) is 53.4. The maximum absolute atomic E-state index is 13.8. The van der Waals surface area contributed by atoms with Crippen LogP contribution in [0.2, 0.25) is 0 Å². The molecule has 8 rings (SSSR count). The molecule has 0 bridgehead atoms. The number of benzene rings is 5. The van der Waals surface area contributed by atoms with Crippen LogP contribution in [0, 0.1) is 0 Å². The van der Waals surface area contributed by atoms with Gasteiger partial charge in [0, 0.05) is 32.1 Å². The van der Waals surface area contributed by atoms with Gasteiger partial charge in [-0.15, -0.1) is 0 Å². The fourth-order valence-electron chi connectivity index (χ4n) is 8.18. The van der Waals surface area contributed by atoms with Crippen molar-refractivity contribution in [3.63, 3.8) is 0 Å². The molecule has 5 amide bonds. The molecule has 396 valence electrons. The number of amides is 5. The van der Waals surface area contributed by atoms with E-state index in [1.54, 1.807) is 36.4 Å². The van der Waals surface area contributed by atoms with E-state index in [0.29, 0.717) is 12.8 Å². The molecule has 2 heterocycles. The van der Waals surface area contributed by atoms with Gasteiger partial charge >= 0.3 is 30.3 Å². The molecule has 5 aromatic carbocycles. The molecule has 1 aliphatic carbocycles. The van der Waals surface area contributed by atoms with Crippen molar-refractivity contribution in [3.05, 3.63) is 174 Å². The Hall–Kier alpha value is -9.86. The number of nitrogens with zero attached hydrogens (tertiary/aromatic N) is 6. The van der Waals surface area contributed by atoms with E-state index in [1.807, 2.05) is 103 Å². The highest BCUT2D eigenvalue weighted by Gasteiger charge is 2.29. The van der Waals surface area contributed by atoms with Crippen LogP contribution >= 0.6 is 0 Å². The van der Waals surface area contributed by atoms with Gasteiger partial charge in [-0.05, 0) is 51.8 Å². The average Bonchev–Trinajstić information content (AvgIpc) is 4.07. The number of alkyl carbamates (subject to hydrolysis) is 3. The van der Waals surface area contributed by atoms with E-state index in [-0.39, 0.29) is 87.4 Å². The second kappa shape index (κ2) is 26.9. The van der Waals surface area contributed by atoms with Crippen LogP contribution in [0.3, 0.4) is 0 Å². The van der Waals surface area contributed by atoms with E-state index in [4.69, 9.17) is 18.9 Å². The van der Waals surface area contributed by atoms with Crippen LogP contribution < -0.4 is 26.6 Å². The van der Waals surface area contributed by atoms with Gasteiger partial charge in [-0.3, -0.25) is 30.5 Å². The number of anilines is 2. The first-order valence-corrected chi connectivity index (χ1v) is 24.6. The number of imidazole rings is 1. The molecule has 0 radical (unpaired) electrons. The molecule has 1 aliphatic rings. The van der Waals surface area contributed by atoms with Crippen LogP contribution in [0.4, 0.5) is 30.9 Å². The van der Waals surface area contributed by atoms with Crippen molar-refractivity contribution in [1.29, 1.82) is 0 Å². The molecule has 2 aromatic heterocycles. The van der Waals surface area contributed by atoms with Gasteiger partial charge in [0.25, 0.3) is 0 Å². The second-order valence-electron chi connectivity index (χ2n) is 17.3. The smallest absolute Gasteiger partial charge is 0.414 e. The van der Waals surface area contributed by atoms with Gasteiger partial charge in [0.15, 0.2) is 17.0 Å². The van der Waals surface area contributed by atoms with Crippen molar-refractivity contribution in [2.24, 2.45) is 4.99 Å². The number of carboxylic acid groups (broad SMARTS) is 1. The van der Waals surface area contributed by atoms with Crippen molar-refractivity contribution in [1.82, 2.24) is 40.4 Å². The van der Waals surface area contributed by atoms with Crippen LogP contribution in [0.15, 0.2) is 151 Å². The number of unbranched alkanes of at least 4 members (excludes halogenated alkanes) is 1. The highest BCUT2D eigenvalue weighted by Crippen LogP contribution is 2.44. The Morgan fingerprint density at radius 1 is 0.623 bits per heavy atom. The molecule has 0 saturated heterocycles. The lowest BCUT2D eigenvalue weighted by Gasteiger charge is -2.21. The highest BCUT2D eigenvalue weighted by atomic mass is 16.6. The predicted octanol–water partition coefficient (Wildman–Crippen LogP) is 7.43. The topological polar surface area (TPSA) is 279 Å². The molecular weight excluding hydrogens is 991 g/mol. The summed E-state index contributed by atoms with van der Waals surface area (Å²) in [6.45, 7) is -0.979. The number of ether oxygens (including phenoxy) is 4. The van der Waals surface area contributed by atoms with Crippen molar-refractivity contribution in [2.45, 2.75) is 45.1 Å². The van der Waals surface area contributed by atoms with Crippen LogP contribution in [-0.2, 0) is 54.9 Å². The van der Waals surface area contributed by atoms with Gasteiger partial charge in [-0.25, -0.2) is 24.2 Å². The van der Waals surface area contributed by atoms with Crippen molar-refractivity contribution in [3.8, 4) is 11.1 Å². The van der Waals surface area contributed by atoms with Gasteiger partial charge in [-0.1, -0.05) is 140 Å². The first-order chi connectivity index (χ1) is 37.6. The zero-order valence-corrected chi connectivity index (χ0v) is 41.6. The standard InChI is InChI=1S/C55H55N11O11/c67-45(65(31-46(68)69)29-28-58-52(70)77-35-44-42-24-12-10-22-40(42)41-23-11-13-25-43(41)44)30-66-36-59-47-48(61-53(71)74-32-37-16-4-1-5-17-37)60-50(62-49(47)66)56-26-14-15-27-57-51(63-54(72)75-33-38-18-6-2-7-19-38)64-55(73)76-34-39-20-8-3-9-21-39/h1-13,16-25,36,44H,14-15,26-35H2,(H,58,70)(H,68,69)(H2,56,60,61,62,71)(H2,57,63,64,72,73). The molecule has 6 N–H and O–H groups in total. The number of carbonyl (C=O) groups excluding carboxylic acids is 5. The molecule has 0 atom stereocenters. The zero-order chi connectivity index (χ0) is 53.8. The Labute approximate surface area is 441 Å². The van der Waals surface area contributed by atoms with E-state index < -0.39 is 49.3 Å². The number of rotatable bonds is 22. The van der Waals surface area contributed by atoms with Crippen LogP contribution in [0.1, 0.15) is 46.6 Å². The van der Waals surface area contributed by atoms with E-state index >= 15 is 0 Å². The highest BCUT2D eigenvalue weighted by molar-refractivity contribution is 6.01. The third-order valence-electron chi connectivity index (χ3n) is 11.9. The Bertz CT molecular complexity index is 3090. The number of nitrogens with one attached hydrogen (secondary N) is 5. The second-order valence-corrected chi connectivity index (χ2v) is 17.3.